The molecule has 2 heterocycles. The van der Waals surface area contributed by atoms with Crippen LogP contribution in [-0.2, 0) is 16.1 Å². The van der Waals surface area contributed by atoms with Crippen molar-refractivity contribution in [3.63, 3.8) is 0 Å². The van der Waals surface area contributed by atoms with Crippen molar-refractivity contribution in [2.45, 2.75) is 13.5 Å². The molecule has 20 heavy (non-hydrogen) atoms. The molecule has 0 spiro atoms. The smallest absolute Gasteiger partial charge is 0.347 e. The van der Waals surface area contributed by atoms with E-state index < -0.39 is 5.97 Å². The van der Waals surface area contributed by atoms with Gasteiger partial charge in [-0.25, -0.2) is 4.79 Å². The molecule has 6 nitrogen and oxygen atoms in total. The van der Waals surface area contributed by atoms with E-state index in [1.54, 1.807) is 24.3 Å². The third-order valence-corrected chi connectivity index (χ3v) is 3.11. The predicted octanol–water partition coefficient (Wildman–Crippen LogP) is 1.89. The van der Waals surface area contributed by atoms with Crippen LogP contribution in [0, 0.1) is 0 Å². The maximum Gasteiger partial charge on any atom is 0.347 e. The number of benzene rings is 1. The van der Waals surface area contributed by atoms with Gasteiger partial charge in [0.2, 0.25) is 0 Å². The second-order valence-electron chi connectivity index (χ2n) is 4.33. The van der Waals surface area contributed by atoms with E-state index in [2.05, 4.69) is 10.1 Å². The van der Waals surface area contributed by atoms with Crippen LogP contribution < -0.4 is 5.69 Å². The second-order valence-corrected chi connectivity index (χ2v) is 4.77. The van der Waals surface area contributed by atoms with Crippen LogP contribution >= 0.6 is 11.6 Å². The Bertz CT molecular complexity index is 882. The maximum atomic E-state index is 11.9. The van der Waals surface area contributed by atoms with Gasteiger partial charge in [-0.1, -0.05) is 11.6 Å². The minimum Gasteiger partial charge on any atom is -0.459 e. The van der Waals surface area contributed by atoms with Crippen molar-refractivity contribution in [1.29, 1.82) is 0 Å². The van der Waals surface area contributed by atoms with Gasteiger partial charge >= 0.3 is 11.7 Å². The summed E-state index contributed by atoms with van der Waals surface area (Å²) >= 11 is 5.98. The molecule has 0 aliphatic heterocycles. The highest BCUT2D eigenvalue weighted by molar-refractivity contribution is 6.31. The van der Waals surface area contributed by atoms with E-state index in [1.807, 2.05) is 0 Å². The van der Waals surface area contributed by atoms with Crippen molar-refractivity contribution >= 4 is 34.0 Å². The number of halogens is 1. The van der Waals surface area contributed by atoms with Gasteiger partial charge in [0.05, 0.1) is 11.0 Å². The Morgan fingerprint density at radius 1 is 1.45 bits per heavy atom. The van der Waals surface area contributed by atoms with E-state index >= 15 is 0 Å². The summed E-state index contributed by atoms with van der Waals surface area (Å²) in [7, 11) is 0. The number of hydrogen-bond acceptors (Lipinski definition) is 4. The molecule has 7 heteroatoms. The summed E-state index contributed by atoms with van der Waals surface area (Å²) in [5, 5.41) is 5.46. The largest absolute Gasteiger partial charge is 0.459 e. The molecule has 3 rings (SSSR count). The molecule has 1 aromatic carbocycles. The average Bonchev–Trinajstić information content (AvgIpc) is 2.82. The minimum atomic E-state index is -0.399. The van der Waals surface area contributed by atoms with Gasteiger partial charge in [0, 0.05) is 17.3 Å². The summed E-state index contributed by atoms with van der Waals surface area (Å²) in [6, 6.07) is 6.89. The van der Waals surface area contributed by atoms with Crippen LogP contribution in [0.15, 0.2) is 29.1 Å². The zero-order chi connectivity index (χ0) is 14.3. The van der Waals surface area contributed by atoms with Crippen LogP contribution in [0.3, 0.4) is 0 Å². The van der Waals surface area contributed by atoms with E-state index in [-0.39, 0.29) is 12.3 Å². The quantitative estimate of drug-likeness (QED) is 0.732. The van der Waals surface area contributed by atoms with Gasteiger partial charge in [-0.15, -0.1) is 0 Å². The molecular weight excluding hydrogens is 282 g/mol. The lowest BCUT2D eigenvalue weighted by atomic mass is 10.2. The number of fused-ring (bicyclic) bond motifs is 3. The normalized spacial score (nSPS) is 11.1. The number of carbonyl (C=O) groups excluding carboxylic acids is 1. The van der Waals surface area contributed by atoms with Crippen LogP contribution in [0.4, 0.5) is 0 Å². The van der Waals surface area contributed by atoms with Crippen molar-refractivity contribution in [3.8, 4) is 0 Å². The van der Waals surface area contributed by atoms with Crippen molar-refractivity contribution < 1.29 is 9.53 Å². The second kappa shape index (κ2) is 4.64. The highest BCUT2D eigenvalue weighted by Gasteiger charge is 2.10. The lowest BCUT2D eigenvalue weighted by molar-refractivity contribution is -0.142. The molecule has 0 unspecified atom stereocenters. The van der Waals surface area contributed by atoms with Gasteiger partial charge in [-0.05, 0) is 24.3 Å². The number of rotatable bonds is 2. The monoisotopic (exact) mass is 291 g/mol. The number of aromatic amines is 1. The first kappa shape index (κ1) is 12.7. The Balaban J connectivity index is 2.23. The molecule has 3 aromatic rings. The molecule has 0 aliphatic carbocycles. The third-order valence-electron chi connectivity index (χ3n) is 2.87. The summed E-state index contributed by atoms with van der Waals surface area (Å²) < 4.78 is 6.11. The van der Waals surface area contributed by atoms with Gasteiger partial charge in [0.25, 0.3) is 0 Å². The number of nitrogens with one attached hydrogen (secondary N) is 1. The van der Waals surface area contributed by atoms with Crippen molar-refractivity contribution in [2.75, 3.05) is 0 Å². The lowest BCUT2D eigenvalue weighted by Crippen LogP contribution is -2.17. The molecule has 0 amide bonds. The zero-order valence-corrected chi connectivity index (χ0v) is 11.3. The Hall–Kier alpha value is -2.34. The molecule has 0 bridgehead atoms. The average molecular weight is 292 g/mol. The fraction of sp³-hybridized carbons (Fsp3) is 0.154. The SMILES string of the molecule is CC(=O)OCc1cc2c3cc(Cl)ccc3[nH]c(=O)n2n1. The van der Waals surface area contributed by atoms with Gasteiger partial charge in [0.1, 0.15) is 12.3 Å². The van der Waals surface area contributed by atoms with Gasteiger partial charge in [0.15, 0.2) is 0 Å². The first-order valence-corrected chi connectivity index (χ1v) is 6.26. The molecular formula is C13H10ClN3O3. The number of ether oxygens (including phenoxy) is 1. The van der Waals surface area contributed by atoms with Crippen molar-refractivity contribution in [2.24, 2.45) is 0 Å². The van der Waals surface area contributed by atoms with E-state index in [4.69, 9.17) is 16.3 Å². The predicted molar refractivity (Wildman–Crippen MR) is 73.8 cm³/mol. The Morgan fingerprint density at radius 3 is 3.00 bits per heavy atom. The highest BCUT2D eigenvalue weighted by Crippen LogP contribution is 2.21. The maximum absolute atomic E-state index is 11.9. The number of nitrogens with zero attached hydrogens (tertiary/aromatic N) is 2. The summed E-state index contributed by atoms with van der Waals surface area (Å²) in [4.78, 5) is 25.5. The topological polar surface area (TPSA) is 76.5 Å². The van der Waals surface area contributed by atoms with Crippen LogP contribution in [-0.4, -0.2) is 20.6 Å². The fourth-order valence-electron chi connectivity index (χ4n) is 2.03. The van der Waals surface area contributed by atoms with Crippen LogP contribution in [0.25, 0.3) is 16.4 Å². The van der Waals surface area contributed by atoms with Gasteiger partial charge in [-0.2, -0.15) is 9.61 Å². The summed E-state index contributed by atoms with van der Waals surface area (Å²) in [6.07, 6.45) is 0. The first-order valence-electron chi connectivity index (χ1n) is 5.88. The summed E-state index contributed by atoms with van der Waals surface area (Å²) in [6.45, 7) is 1.34. The van der Waals surface area contributed by atoms with Crippen molar-refractivity contribution in [3.05, 3.63) is 45.5 Å². The fourth-order valence-corrected chi connectivity index (χ4v) is 2.20. The first-order chi connectivity index (χ1) is 9.54. The molecule has 0 atom stereocenters. The van der Waals surface area contributed by atoms with Gasteiger partial charge < -0.3 is 9.72 Å². The molecule has 0 saturated heterocycles. The minimum absolute atomic E-state index is 0.0263. The molecule has 2 aromatic heterocycles. The van der Waals surface area contributed by atoms with Crippen LogP contribution in [0.5, 0.6) is 0 Å². The molecule has 1 N–H and O–H groups in total. The van der Waals surface area contributed by atoms with E-state index in [0.717, 1.165) is 5.39 Å². The molecule has 0 radical (unpaired) electrons. The third kappa shape index (κ3) is 2.14. The number of carbonyl (C=O) groups is 1. The molecule has 102 valence electrons. The van der Waals surface area contributed by atoms with E-state index in [1.165, 1.54) is 11.4 Å². The summed E-state index contributed by atoms with van der Waals surface area (Å²) in [5.41, 5.74) is 1.43. The molecule has 0 saturated carbocycles. The number of aromatic nitrogens is 3. The highest BCUT2D eigenvalue weighted by atomic mass is 35.5. The van der Waals surface area contributed by atoms with Crippen LogP contribution in [0.2, 0.25) is 5.02 Å². The van der Waals surface area contributed by atoms with Crippen LogP contribution in [0.1, 0.15) is 12.6 Å². The lowest BCUT2D eigenvalue weighted by Gasteiger charge is -2.00. The van der Waals surface area contributed by atoms with Crippen molar-refractivity contribution in [1.82, 2.24) is 14.6 Å². The Labute approximate surface area is 117 Å². The number of H-pyrrole nitrogens is 1. The standard InChI is InChI=1S/C13H10ClN3O3/c1-7(18)20-6-9-5-12-10-4-8(14)2-3-11(10)15-13(19)17(12)16-9/h2-5H,6H2,1H3,(H,15,19). The van der Waals surface area contributed by atoms with E-state index in [9.17, 15) is 9.59 Å². The summed E-state index contributed by atoms with van der Waals surface area (Å²) in [5.74, 6) is -0.399. The molecule has 0 fully saturated rings. The Morgan fingerprint density at radius 2 is 2.25 bits per heavy atom. The zero-order valence-electron chi connectivity index (χ0n) is 10.5. The number of esters is 1. The van der Waals surface area contributed by atoms with Gasteiger partial charge in [-0.3, -0.25) is 4.79 Å². The number of hydrogen-bond donors (Lipinski definition) is 1. The Kier molecular flexibility index (Phi) is 2.94. The molecule has 0 aliphatic rings. The van der Waals surface area contributed by atoms with E-state index in [0.29, 0.717) is 21.7 Å².